The predicted octanol–water partition coefficient (Wildman–Crippen LogP) is 3.06. The average molecular weight is 328 g/mol. The summed E-state index contributed by atoms with van der Waals surface area (Å²) in [6.07, 6.45) is -0.514. The van der Waals surface area contributed by atoms with Gasteiger partial charge in [-0.3, -0.25) is 0 Å². The van der Waals surface area contributed by atoms with Gasteiger partial charge in [-0.1, -0.05) is 15.9 Å². The molecule has 0 saturated heterocycles. The lowest BCUT2D eigenvalue weighted by molar-refractivity contribution is -0.0147. The largest absolute Gasteiger partial charge is 0.496 e. The van der Waals surface area contributed by atoms with Gasteiger partial charge in [0.15, 0.2) is 0 Å². The van der Waals surface area contributed by atoms with Crippen LogP contribution in [0, 0.1) is 16.7 Å². The highest BCUT2D eigenvalue weighted by Gasteiger charge is 2.22. The van der Waals surface area contributed by atoms with E-state index < -0.39 is 11.5 Å². The third-order valence-electron chi connectivity index (χ3n) is 2.65. The minimum atomic E-state index is -0.591. The van der Waals surface area contributed by atoms with Crippen molar-refractivity contribution < 1.29 is 14.6 Å². The molecule has 1 N–H and O–H groups in total. The SMILES string of the molecule is COc1ccc(Br)cc1[C@H](CO)OCC(C)(C)C#N. The molecule has 4 nitrogen and oxygen atoms in total. The van der Waals surface area contributed by atoms with Gasteiger partial charge >= 0.3 is 0 Å². The second-order valence-corrected chi connectivity index (χ2v) is 5.78. The van der Waals surface area contributed by atoms with Crippen molar-refractivity contribution in [2.24, 2.45) is 5.41 Å². The summed E-state index contributed by atoms with van der Waals surface area (Å²) in [5, 5.41) is 18.5. The second-order valence-electron chi connectivity index (χ2n) is 4.86. The highest BCUT2D eigenvalue weighted by Crippen LogP contribution is 2.31. The van der Waals surface area contributed by atoms with Crippen LogP contribution in [0.5, 0.6) is 5.75 Å². The average Bonchev–Trinajstić information content (AvgIpc) is 2.39. The van der Waals surface area contributed by atoms with Crippen molar-refractivity contribution in [3.8, 4) is 11.8 Å². The summed E-state index contributed by atoms with van der Waals surface area (Å²) in [6.45, 7) is 3.65. The van der Waals surface area contributed by atoms with E-state index in [0.717, 1.165) is 10.0 Å². The van der Waals surface area contributed by atoms with E-state index in [2.05, 4.69) is 22.0 Å². The molecule has 19 heavy (non-hydrogen) atoms. The first-order chi connectivity index (χ1) is 8.93. The lowest BCUT2D eigenvalue weighted by Crippen LogP contribution is -2.21. The molecule has 0 radical (unpaired) electrons. The number of hydrogen-bond donors (Lipinski definition) is 1. The van der Waals surface area contributed by atoms with Gasteiger partial charge < -0.3 is 14.6 Å². The molecule has 0 unspecified atom stereocenters. The molecule has 0 aliphatic rings. The summed E-state index contributed by atoms with van der Waals surface area (Å²) in [7, 11) is 1.57. The van der Waals surface area contributed by atoms with Crippen molar-refractivity contribution in [1.82, 2.24) is 0 Å². The van der Waals surface area contributed by atoms with Crippen LogP contribution >= 0.6 is 15.9 Å². The van der Waals surface area contributed by atoms with Crippen LogP contribution < -0.4 is 4.74 Å². The van der Waals surface area contributed by atoms with Crippen molar-refractivity contribution in [3.05, 3.63) is 28.2 Å². The number of methoxy groups -OCH3 is 1. The number of halogens is 1. The minimum absolute atomic E-state index is 0.172. The van der Waals surface area contributed by atoms with E-state index in [4.69, 9.17) is 14.7 Å². The number of nitrogens with zero attached hydrogens (tertiary/aromatic N) is 1. The number of aliphatic hydroxyl groups excluding tert-OH is 1. The smallest absolute Gasteiger partial charge is 0.124 e. The van der Waals surface area contributed by atoms with Gasteiger partial charge in [-0.05, 0) is 32.0 Å². The lowest BCUT2D eigenvalue weighted by Gasteiger charge is -2.23. The Balaban J connectivity index is 2.91. The molecule has 0 heterocycles. The van der Waals surface area contributed by atoms with Gasteiger partial charge in [0, 0.05) is 10.0 Å². The van der Waals surface area contributed by atoms with E-state index in [1.165, 1.54) is 0 Å². The van der Waals surface area contributed by atoms with E-state index in [0.29, 0.717) is 5.75 Å². The molecule has 1 aromatic rings. The van der Waals surface area contributed by atoms with E-state index in [9.17, 15) is 5.11 Å². The van der Waals surface area contributed by atoms with Crippen LogP contribution in [0.3, 0.4) is 0 Å². The number of hydrogen-bond acceptors (Lipinski definition) is 4. The topological polar surface area (TPSA) is 62.5 Å². The zero-order valence-corrected chi connectivity index (χ0v) is 12.9. The molecule has 0 fully saturated rings. The van der Waals surface area contributed by atoms with Gasteiger partial charge in [0.1, 0.15) is 11.9 Å². The summed E-state index contributed by atoms with van der Waals surface area (Å²) in [5.74, 6) is 0.650. The van der Waals surface area contributed by atoms with Crippen molar-refractivity contribution in [1.29, 1.82) is 5.26 Å². The number of ether oxygens (including phenoxy) is 2. The first-order valence-electron chi connectivity index (χ1n) is 5.90. The van der Waals surface area contributed by atoms with Crippen LogP contribution in [-0.4, -0.2) is 25.4 Å². The molecule has 0 saturated carbocycles. The first kappa shape index (κ1) is 16.0. The Morgan fingerprint density at radius 3 is 2.68 bits per heavy atom. The fraction of sp³-hybridized carbons (Fsp3) is 0.500. The van der Waals surface area contributed by atoms with Crippen molar-refractivity contribution in [2.45, 2.75) is 20.0 Å². The van der Waals surface area contributed by atoms with Crippen LogP contribution in [0.15, 0.2) is 22.7 Å². The number of benzene rings is 1. The maximum Gasteiger partial charge on any atom is 0.124 e. The fourth-order valence-electron chi connectivity index (χ4n) is 1.54. The van der Waals surface area contributed by atoms with Gasteiger partial charge in [0.25, 0.3) is 0 Å². The highest BCUT2D eigenvalue weighted by atomic mass is 79.9. The molecule has 1 atom stereocenters. The predicted molar refractivity (Wildman–Crippen MR) is 75.9 cm³/mol. The summed E-state index contributed by atoms with van der Waals surface area (Å²) in [6, 6.07) is 7.67. The van der Waals surface area contributed by atoms with Gasteiger partial charge in [0.05, 0.1) is 31.8 Å². The molecular weight excluding hydrogens is 310 g/mol. The van der Waals surface area contributed by atoms with Gasteiger partial charge in [0.2, 0.25) is 0 Å². The molecule has 1 rings (SSSR count). The summed E-state index contributed by atoms with van der Waals surface area (Å²) in [4.78, 5) is 0. The molecule has 104 valence electrons. The van der Waals surface area contributed by atoms with Crippen molar-refractivity contribution in [3.63, 3.8) is 0 Å². The summed E-state index contributed by atoms with van der Waals surface area (Å²) in [5.41, 5.74) is 0.167. The Bertz CT molecular complexity index is 468. The van der Waals surface area contributed by atoms with E-state index in [1.807, 2.05) is 12.1 Å². The Morgan fingerprint density at radius 1 is 1.47 bits per heavy atom. The van der Waals surface area contributed by atoms with Crippen LogP contribution in [0.2, 0.25) is 0 Å². The molecule has 0 aliphatic heterocycles. The first-order valence-corrected chi connectivity index (χ1v) is 6.70. The van der Waals surface area contributed by atoms with Crippen LogP contribution in [0.4, 0.5) is 0 Å². The Kier molecular flexibility index (Phi) is 5.80. The maximum atomic E-state index is 9.48. The quantitative estimate of drug-likeness (QED) is 0.872. The van der Waals surface area contributed by atoms with E-state index in [-0.39, 0.29) is 13.2 Å². The molecule has 0 bridgehead atoms. The monoisotopic (exact) mass is 327 g/mol. The van der Waals surface area contributed by atoms with E-state index >= 15 is 0 Å². The number of aliphatic hydroxyl groups is 1. The molecule has 0 spiro atoms. The zero-order valence-electron chi connectivity index (χ0n) is 11.3. The minimum Gasteiger partial charge on any atom is -0.496 e. The maximum absolute atomic E-state index is 9.48. The van der Waals surface area contributed by atoms with Crippen LogP contribution in [0.25, 0.3) is 0 Å². The highest BCUT2D eigenvalue weighted by molar-refractivity contribution is 9.10. The second kappa shape index (κ2) is 6.90. The number of rotatable bonds is 6. The third-order valence-corrected chi connectivity index (χ3v) is 3.15. The summed E-state index contributed by atoms with van der Waals surface area (Å²) < 4.78 is 11.8. The molecule has 1 aromatic carbocycles. The zero-order chi connectivity index (χ0) is 14.5. The normalized spacial score (nSPS) is 12.8. The number of nitriles is 1. The van der Waals surface area contributed by atoms with Crippen molar-refractivity contribution >= 4 is 15.9 Å². The van der Waals surface area contributed by atoms with E-state index in [1.54, 1.807) is 27.0 Å². The standard InChI is InChI=1S/C14H18BrNO3/c1-14(2,8-16)9-19-13(7-17)11-6-10(15)4-5-12(11)18-3/h4-6,13,17H,7,9H2,1-3H3/t13-/m0/s1. The van der Waals surface area contributed by atoms with Gasteiger partial charge in [-0.15, -0.1) is 0 Å². The lowest BCUT2D eigenvalue weighted by atomic mass is 9.97. The molecule has 0 aliphatic carbocycles. The molecule has 0 aromatic heterocycles. The van der Waals surface area contributed by atoms with Gasteiger partial charge in [-0.2, -0.15) is 5.26 Å². The van der Waals surface area contributed by atoms with Crippen molar-refractivity contribution in [2.75, 3.05) is 20.3 Å². The Morgan fingerprint density at radius 2 is 2.16 bits per heavy atom. The molecule has 0 amide bonds. The molecule has 5 heteroatoms. The molecular formula is C14H18BrNO3. The summed E-state index contributed by atoms with van der Waals surface area (Å²) >= 11 is 3.38. The Labute approximate surface area is 122 Å². The van der Waals surface area contributed by atoms with Crippen LogP contribution in [-0.2, 0) is 4.74 Å². The van der Waals surface area contributed by atoms with Crippen LogP contribution in [0.1, 0.15) is 25.5 Å². The third kappa shape index (κ3) is 4.50. The fourth-order valence-corrected chi connectivity index (χ4v) is 1.92. The Hall–Kier alpha value is -1.09. The van der Waals surface area contributed by atoms with Gasteiger partial charge in [-0.25, -0.2) is 0 Å².